The van der Waals surface area contributed by atoms with Gasteiger partial charge in [-0.2, -0.15) is 0 Å². The molecular formula is C28H40N4O6. The fourth-order valence-electron chi connectivity index (χ4n) is 4.50. The average molecular weight is 529 g/mol. The molecule has 6 atom stereocenters. The minimum atomic E-state index is -0.687. The number of hydrogen-bond acceptors (Lipinski definition) is 8. The first kappa shape index (κ1) is 29.4. The Kier molecular flexibility index (Phi) is 10.9. The summed E-state index contributed by atoms with van der Waals surface area (Å²) in [5.74, 6) is 0.0288. The first-order valence-electron chi connectivity index (χ1n) is 12.9. The zero-order valence-electron chi connectivity index (χ0n) is 22.1. The van der Waals surface area contributed by atoms with E-state index < -0.39 is 24.3 Å². The summed E-state index contributed by atoms with van der Waals surface area (Å²) in [4.78, 5) is 26.9. The Morgan fingerprint density at radius 1 is 0.763 bits per heavy atom. The molecular weight excluding hydrogens is 488 g/mol. The van der Waals surface area contributed by atoms with E-state index in [9.17, 15) is 19.8 Å². The Balaban J connectivity index is 0.000000211. The molecule has 0 bridgehead atoms. The molecule has 2 fully saturated rings. The molecule has 6 N–H and O–H groups in total. The Labute approximate surface area is 224 Å². The van der Waals surface area contributed by atoms with Crippen molar-refractivity contribution in [3.05, 3.63) is 71.8 Å². The number of nitrogens with two attached hydrogens (primary N) is 2. The van der Waals surface area contributed by atoms with Gasteiger partial charge in [0.1, 0.15) is 13.2 Å². The van der Waals surface area contributed by atoms with Gasteiger partial charge in [-0.25, -0.2) is 9.59 Å². The van der Waals surface area contributed by atoms with Crippen LogP contribution in [0.1, 0.15) is 25.0 Å². The molecule has 6 unspecified atom stereocenters. The number of aliphatic hydroxyl groups excluding tert-OH is 2. The van der Waals surface area contributed by atoms with E-state index >= 15 is 0 Å². The van der Waals surface area contributed by atoms with E-state index in [2.05, 4.69) is 0 Å². The van der Waals surface area contributed by atoms with Crippen LogP contribution >= 0.6 is 0 Å². The lowest BCUT2D eigenvalue weighted by Crippen LogP contribution is -2.57. The van der Waals surface area contributed by atoms with Crippen molar-refractivity contribution >= 4 is 12.2 Å². The van der Waals surface area contributed by atoms with Crippen molar-refractivity contribution in [3.63, 3.8) is 0 Å². The smallest absolute Gasteiger partial charge is 0.410 e. The van der Waals surface area contributed by atoms with Crippen LogP contribution in [-0.2, 0) is 22.7 Å². The molecule has 2 aromatic carbocycles. The zero-order chi connectivity index (χ0) is 27.7. The average Bonchev–Trinajstić information content (AvgIpc) is 2.93. The van der Waals surface area contributed by atoms with Crippen molar-refractivity contribution in [3.8, 4) is 0 Å². The van der Waals surface area contributed by atoms with Gasteiger partial charge in [0.2, 0.25) is 0 Å². The summed E-state index contributed by atoms with van der Waals surface area (Å²) in [6.07, 6.45) is -2.02. The predicted molar refractivity (Wildman–Crippen MR) is 143 cm³/mol. The van der Waals surface area contributed by atoms with E-state index in [4.69, 9.17) is 20.9 Å². The second-order valence-electron chi connectivity index (χ2n) is 10.1. The number of carbonyl (C=O) groups excluding carboxylic acids is 2. The number of ether oxygens (including phenoxy) is 2. The van der Waals surface area contributed by atoms with Crippen molar-refractivity contribution in [1.82, 2.24) is 9.80 Å². The topological polar surface area (TPSA) is 152 Å². The van der Waals surface area contributed by atoms with Crippen LogP contribution in [0.15, 0.2) is 60.7 Å². The van der Waals surface area contributed by atoms with Gasteiger partial charge in [0.05, 0.1) is 18.8 Å². The summed E-state index contributed by atoms with van der Waals surface area (Å²) in [6.45, 7) is 5.85. The maximum absolute atomic E-state index is 11.9. The van der Waals surface area contributed by atoms with Gasteiger partial charge in [0.25, 0.3) is 0 Å². The molecule has 0 radical (unpaired) electrons. The highest BCUT2D eigenvalue weighted by Gasteiger charge is 2.34. The molecule has 10 heteroatoms. The van der Waals surface area contributed by atoms with E-state index in [1.165, 1.54) is 4.90 Å². The van der Waals surface area contributed by atoms with Crippen LogP contribution in [0.3, 0.4) is 0 Å². The SMILES string of the molecule is CC1CN(C(=O)OCc2ccccc2)CC(N)C1O.CC1CN(C(=O)OCc2ccccc2)CC(O)C1N. The maximum Gasteiger partial charge on any atom is 0.410 e. The predicted octanol–water partition coefficient (Wildman–Crippen LogP) is 1.93. The summed E-state index contributed by atoms with van der Waals surface area (Å²) in [7, 11) is 0. The first-order chi connectivity index (χ1) is 18.2. The fourth-order valence-corrected chi connectivity index (χ4v) is 4.50. The second-order valence-corrected chi connectivity index (χ2v) is 10.1. The van der Waals surface area contributed by atoms with E-state index in [1.807, 2.05) is 74.5 Å². The highest BCUT2D eigenvalue weighted by molar-refractivity contribution is 5.68. The lowest BCUT2D eigenvalue weighted by atomic mass is 9.93. The minimum Gasteiger partial charge on any atom is -0.445 e. The van der Waals surface area contributed by atoms with Crippen LogP contribution in [-0.4, -0.2) is 82.7 Å². The highest BCUT2D eigenvalue weighted by Crippen LogP contribution is 2.18. The molecule has 2 amide bonds. The van der Waals surface area contributed by atoms with Crippen LogP contribution in [0.25, 0.3) is 0 Å². The molecule has 38 heavy (non-hydrogen) atoms. The molecule has 208 valence electrons. The molecule has 2 aliphatic rings. The number of β-amino-alcohol motifs (C(OH)–C–C–N with tert-alkyl or cyclic N) is 1. The number of benzene rings is 2. The van der Waals surface area contributed by atoms with Crippen LogP contribution in [0.4, 0.5) is 9.59 Å². The van der Waals surface area contributed by atoms with Gasteiger partial charge in [-0.1, -0.05) is 74.5 Å². The summed E-state index contributed by atoms with van der Waals surface area (Å²) >= 11 is 0. The number of carbonyl (C=O) groups is 2. The molecule has 10 nitrogen and oxygen atoms in total. The summed E-state index contributed by atoms with van der Waals surface area (Å²) < 4.78 is 10.5. The summed E-state index contributed by atoms with van der Waals surface area (Å²) in [6, 6.07) is 18.3. The van der Waals surface area contributed by atoms with Crippen LogP contribution in [0.2, 0.25) is 0 Å². The molecule has 4 rings (SSSR count). The number of likely N-dealkylation sites (tertiary alicyclic amines) is 2. The van der Waals surface area contributed by atoms with Crippen LogP contribution in [0, 0.1) is 11.8 Å². The molecule has 2 saturated heterocycles. The molecule has 0 aromatic heterocycles. The van der Waals surface area contributed by atoms with Crippen LogP contribution < -0.4 is 11.5 Å². The Hall–Kier alpha value is -3.18. The minimum absolute atomic E-state index is 0.0342. The van der Waals surface area contributed by atoms with E-state index in [0.717, 1.165) is 11.1 Å². The monoisotopic (exact) mass is 528 g/mol. The normalized spacial score (nSPS) is 27.1. The lowest BCUT2D eigenvalue weighted by molar-refractivity contribution is 0.0112. The number of nitrogens with zero attached hydrogens (tertiary/aromatic N) is 2. The van der Waals surface area contributed by atoms with Gasteiger partial charge in [-0.15, -0.1) is 0 Å². The zero-order valence-corrected chi connectivity index (χ0v) is 22.1. The molecule has 2 aromatic rings. The molecule has 2 aliphatic heterocycles. The quantitative estimate of drug-likeness (QED) is 0.470. The largest absolute Gasteiger partial charge is 0.445 e. The number of amides is 2. The van der Waals surface area contributed by atoms with E-state index in [-0.39, 0.29) is 43.7 Å². The third kappa shape index (κ3) is 8.42. The molecule has 0 saturated carbocycles. The van der Waals surface area contributed by atoms with Gasteiger partial charge in [0.15, 0.2) is 0 Å². The molecule has 0 spiro atoms. The summed E-state index contributed by atoms with van der Waals surface area (Å²) in [5, 5.41) is 19.5. The van der Waals surface area contributed by atoms with Crippen molar-refractivity contribution in [2.75, 3.05) is 26.2 Å². The van der Waals surface area contributed by atoms with Crippen molar-refractivity contribution in [2.24, 2.45) is 23.3 Å². The van der Waals surface area contributed by atoms with Crippen LogP contribution in [0.5, 0.6) is 0 Å². The number of piperidine rings is 2. The lowest BCUT2D eigenvalue weighted by Gasteiger charge is -2.37. The summed E-state index contributed by atoms with van der Waals surface area (Å²) in [5.41, 5.74) is 13.5. The first-order valence-corrected chi connectivity index (χ1v) is 12.9. The Bertz CT molecular complexity index is 905. The molecule has 0 aliphatic carbocycles. The van der Waals surface area contributed by atoms with E-state index in [0.29, 0.717) is 19.6 Å². The van der Waals surface area contributed by atoms with Gasteiger partial charge in [-0.05, 0) is 17.0 Å². The standard InChI is InChI=1S/2C14H20N2O3/c1-10-7-16(8-12(17)13(10)15)14(18)19-9-11-5-3-2-4-6-11;1-10-7-16(8-12(15)13(10)17)14(18)19-9-11-5-3-2-4-6-11/h2*2-6,10,12-13,17H,7-9,15H2,1H3. The number of hydrogen-bond donors (Lipinski definition) is 4. The third-order valence-corrected chi connectivity index (χ3v) is 6.91. The van der Waals surface area contributed by atoms with E-state index in [1.54, 1.807) is 4.90 Å². The van der Waals surface area contributed by atoms with Gasteiger partial charge >= 0.3 is 12.2 Å². The Morgan fingerprint density at radius 2 is 1.21 bits per heavy atom. The maximum atomic E-state index is 11.9. The van der Waals surface area contributed by atoms with Crippen molar-refractivity contribution in [1.29, 1.82) is 0 Å². The number of rotatable bonds is 4. The third-order valence-electron chi connectivity index (χ3n) is 6.91. The van der Waals surface area contributed by atoms with Gasteiger partial charge in [0, 0.05) is 37.6 Å². The Morgan fingerprint density at radius 3 is 1.66 bits per heavy atom. The van der Waals surface area contributed by atoms with Crippen molar-refractivity contribution < 1.29 is 29.3 Å². The second kappa shape index (κ2) is 14.1. The highest BCUT2D eigenvalue weighted by atomic mass is 16.6. The molecule has 2 heterocycles. The van der Waals surface area contributed by atoms with Crippen molar-refractivity contribution in [2.45, 2.75) is 51.4 Å². The van der Waals surface area contributed by atoms with Gasteiger partial charge < -0.3 is 41.0 Å². The fraction of sp³-hybridized carbons (Fsp3) is 0.500. The number of aliphatic hydroxyl groups is 2. The van der Waals surface area contributed by atoms with Gasteiger partial charge in [-0.3, -0.25) is 0 Å².